The summed E-state index contributed by atoms with van der Waals surface area (Å²) in [5, 5.41) is 18.6. The Labute approximate surface area is 137 Å². The molecule has 0 saturated heterocycles. The summed E-state index contributed by atoms with van der Waals surface area (Å²) < 4.78 is 5.44. The maximum Gasteiger partial charge on any atom is 0.122 e. The van der Waals surface area contributed by atoms with Gasteiger partial charge in [0.1, 0.15) is 5.75 Å². The van der Waals surface area contributed by atoms with Crippen LogP contribution in [0.5, 0.6) is 5.75 Å². The molecule has 0 aliphatic carbocycles. The fourth-order valence-corrected chi connectivity index (χ4v) is 2.60. The van der Waals surface area contributed by atoms with Crippen LogP contribution in [0.4, 0.5) is 0 Å². The lowest BCUT2D eigenvalue weighted by molar-refractivity contribution is 0.408. The molecule has 0 bridgehead atoms. The van der Waals surface area contributed by atoms with Gasteiger partial charge in [-0.1, -0.05) is 38.1 Å². The number of nitrogens with zero attached hydrogens (tertiary/aromatic N) is 2. The average Bonchev–Trinajstić information content (AvgIpc) is 2.59. The van der Waals surface area contributed by atoms with Crippen molar-refractivity contribution in [2.24, 2.45) is 0 Å². The molecule has 23 heavy (non-hydrogen) atoms. The molecule has 0 radical (unpaired) electrons. The van der Waals surface area contributed by atoms with E-state index in [-0.39, 0.29) is 5.92 Å². The lowest BCUT2D eigenvalue weighted by Gasteiger charge is -2.15. The highest BCUT2D eigenvalue weighted by Crippen LogP contribution is 2.29. The topological polar surface area (TPSA) is 56.8 Å². The van der Waals surface area contributed by atoms with E-state index in [1.807, 2.05) is 18.2 Å². The standard InChI is InChI=1S/C20H20N2O/c1-14(2)16-7-8-20(23-3)18(10-16)11-19(13-22)17-6-4-5-15(9-17)12-21/h4-10,14,19H,11H2,1-3H3. The SMILES string of the molecule is COc1ccc(C(C)C)cc1CC(C#N)c1cccc(C#N)c1. The quantitative estimate of drug-likeness (QED) is 0.814. The summed E-state index contributed by atoms with van der Waals surface area (Å²) in [5.41, 5.74) is 3.69. The molecule has 0 spiro atoms. The highest BCUT2D eigenvalue weighted by atomic mass is 16.5. The van der Waals surface area contributed by atoms with E-state index in [0.29, 0.717) is 17.9 Å². The molecule has 0 heterocycles. The van der Waals surface area contributed by atoms with Crippen LogP contribution in [0.15, 0.2) is 42.5 Å². The molecule has 1 unspecified atom stereocenters. The van der Waals surface area contributed by atoms with Crippen LogP contribution in [-0.2, 0) is 6.42 Å². The van der Waals surface area contributed by atoms with Crippen LogP contribution >= 0.6 is 0 Å². The summed E-state index contributed by atoms with van der Waals surface area (Å²) in [7, 11) is 1.64. The van der Waals surface area contributed by atoms with E-state index in [2.05, 4.69) is 38.1 Å². The van der Waals surface area contributed by atoms with Gasteiger partial charge in [-0.15, -0.1) is 0 Å². The maximum absolute atomic E-state index is 9.57. The lowest BCUT2D eigenvalue weighted by atomic mass is 9.90. The Balaban J connectivity index is 2.37. The van der Waals surface area contributed by atoms with Crippen molar-refractivity contribution in [3.63, 3.8) is 0 Å². The van der Waals surface area contributed by atoms with Crippen molar-refractivity contribution >= 4 is 0 Å². The summed E-state index contributed by atoms with van der Waals surface area (Å²) in [6.45, 7) is 4.29. The molecule has 0 fully saturated rings. The first-order valence-corrected chi connectivity index (χ1v) is 7.65. The van der Waals surface area contributed by atoms with Gasteiger partial charge < -0.3 is 4.74 Å². The molecule has 0 aromatic heterocycles. The minimum atomic E-state index is -0.306. The van der Waals surface area contributed by atoms with E-state index in [1.165, 1.54) is 5.56 Å². The van der Waals surface area contributed by atoms with Crippen molar-refractivity contribution in [2.45, 2.75) is 32.1 Å². The summed E-state index contributed by atoms with van der Waals surface area (Å²) in [6, 6.07) is 17.9. The second-order valence-corrected chi connectivity index (χ2v) is 5.85. The van der Waals surface area contributed by atoms with Gasteiger partial charge in [-0.3, -0.25) is 0 Å². The van der Waals surface area contributed by atoms with Crippen LogP contribution < -0.4 is 4.74 Å². The normalized spacial score (nSPS) is 11.6. The summed E-state index contributed by atoms with van der Waals surface area (Å²) in [6.07, 6.45) is 0.565. The molecule has 116 valence electrons. The molecule has 0 N–H and O–H groups in total. The highest BCUT2D eigenvalue weighted by molar-refractivity contribution is 5.42. The van der Waals surface area contributed by atoms with E-state index in [1.54, 1.807) is 19.2 Å². The van der Waals surface area contributed by atoms with Gasteiger partial charge in [0.05, 0.1) is 30.7 Å². The number of nitriles is 2. The van der Waals surface area contributed by atoms with Gasteiger partial charge >= 0.3 is 0 Å². The lowest BCUT2D eigenvalue weighted by Crippen LogP contribution is -2.04. The Morgan fingerprint density at radius 3 is 2.43 bits per heavy atom. The van der Waals surface area contributed by atoms with Crippen molar-refractivity contribution in [1.29, 1.82) is 10.5 Å². The fraction of sp³-hybridized carbons (Fsp3) is 0.300. The van der Waals surface area contributed by atoms with E-state index < -0.39 is 0 Å². The van der Waals surface area contributed by atoms with Crippen LogP contribution in [0.3, 0.4) is 0 Å². The predicted molar refractivity (Wildman–Crippen MR) is 90.3 cm³/mol. The third kappa shape index (κ3) is 3.90. The number of rotatable bonds is 5. The van der Waals surface area contributed by atoms with Gasteiger partial charge in [-0.05, 0) is 47.2 Å². The van der Waals surface area contributed by atoms with E-state index in [0.717, 1.165) is 16.9 Å². The van der Waals surface area contributed by atoms with E-state index >= 15 is 0 Å². The van der Waals surface area contributed by atoms with Crippen molar-refractivity contribution in [3.05, 3.63) is 64.7 Å². The molecule has 0 saturated carbocycles. The largest absolute Gasteiger partial charge is 0.496 e. The highest BCUT2D eigenvalue weighted by Gasteiger charge is 2.16. The number of ether oxygens (including phenoxy) is 1. The molecular weight excluding hydrogens is 284 g/mol. The summed E-state index contributed by atoms with van der Waals surface area (Å²) in [4.78, 5) is 0. The Morgan fingerprint density at radius 1 is 1.04 bits per heavy atom. The molecule has 2 aromatic carbocycles. The predicted octanol–water partition coefficient (Wildman–Crippen LogP) is 4.54. The zero-order chi connectivity index (χ0) is 16.8. The monoisotopic (exact) mass is 304 g/mol. The molecule has 0 amide bonds. The number of hydrogen-bond acceptors (Lipinski definition) is 3. The van der Waals surface area contributed by atoms with Gasteiger partial charge in [0.15, 0.2) is 0 Å². The summed E-state index contributed by atoms with van der Waals surface area (Å²) >= 11 is 0. The van der Waals surface area contributed by atoms with Crippen molar-refractivity contribution in [1.82, 2.24) is 0 Å². The molecular formula is C20H20N2O. The van der Waals surface area contributed by atoms with Crippen LogP contribution in [0, 0.1) is 22.7 Å². The van der Waals surface area contributed by atoms with Gasteiger partial charge in [-0.2, -0.15) is 10.5 Å². The van der Waals surface area contributed by atoms with Crippen molar-refractivity contribution < 1.29 is 4.74 Å². The second kappa shape index (κ2) is 7.47. The number of methoxy groups -OCH3 is 1. The Hall–Kier alpha value is -2.78. The Morgan fingerprint density at radius 2 is 1.83 bits per heavy atom. The van der Waals surface area contributed by atoms with Gasteiger partial charge in [0, 0.05) is 0 Å². The molecule has 3 heteroatoms. The Kier molecular flexibility index (Phi) is 5.39. The number of hydrogen-bond donors (Lipinski definition) is 0. The van der Waals surface area contributed by atoms with Gasteiger partial charge in [0.25, 0.3) is 0 Å². The van der Waals surface area contributed by atoms with Gasteiger partial charge in [0.2, 0.25) is 0 Å². The molecule has 3 nitrogen and oxygen atoms in total. The first-order chi connectivity index (χ1) is 11.1. The summed E-state index contributed by atoms with van der Waals surface area (Å²) in [5.74, 6) is 0.910. The fourth-order valence-electron chi connectivity index (χ4n) is 2.60. The van der Waals surface area contributed by atoms with Gasteiger partial charge in [-0.25, -0.2) is 0 Å². The minimum absolute atomic E-state index is 0.306. The number of benzene rings is 2. The second-order valence-electron chi connectivity index (χ2n) is 5.85. The van der Waals surface area contributed by atoms with Crippen LogP contribution in [0.25, 0.3) is 0 Å². The van der Waals surface area contributed by atoms with Crippen LogP contribution in [-0.4, -0.2) is 7.11 Å². The maximum atomic E-state index is 9.57. The molecule has 0 aliphatic rings. The average molecular weight is 304 g/mol. The molecule has 2 aromatic rings. The minimum Gasteiger partial charge on any atom is -0.496 e. The molecule has 2 rings (SSSR count). The third-order valence-electron chi connectivity index (χ3n) is 3.97. The first kappa shape index (κ1) is 16.6. The van der Waals surface area contributed by atoms with E-state index in [4.69, 9.17) is 10.00 Å². The van der Waals surface area contributed by atoms with Crippen LogP contribution in [0.2, 0.25) is 0 Å². The van der Waals surface area contributed by atoms with Crippen molar-refractivity contribution in [2.75, 3.05) is 7.11 Å². The van der Waals surface area contributed by atoms with Crippen LogP contribution in [0.1, 0.15) is 47.9 Å². The molecule has 0 aliphatic heterocycles. The van der Waals surface area contributed by atoms with Crippen molar-refractivity contribution in [3.8, 4) is 17.9 Å². The Bertz CT molecular complexity index is 766. The zero-order valence-electron chi connectivity index (χ0n) is 13.7. The zero-order valence-corrected chi connectivity index (χ0v) is 13.7. The smallest absolute Gasteiger partial charge is 0.122 e. The van der Waals surface area contributed by atoms with E-state index in [9.17, 15) is 5.26 Å². The third-order valence-corrected chi connectivity index (χ3v) is 3.97. The first-order valence-electron chi connectivity index (χ1n) is 7.65. The molecule has 1 atom stereocenters.